The van der Waals surface area contributed by atoms with Gasteiger partial charge in [0.2, 0.25) is 0 Å². The van der Waals surface area contributed by atoms with E-state index in [1.165, 1.54) is 7.11 Å². The minimum Gasteiger partial charge on any atom is -0.469 e. The number of rotatable bonds is 5. The molecule has 18 heavy (non-hydrogen) atoms. The average Bonchev–Trinajstić information content (AvgIpc) is 2.52. The number of aliphatic hydroxyl groups is 1. The van der Waals surface area contributed by atoms with Gasteiger partial charge in [-0.2, -0.15) is 0 Å². The molecule has 0 aromatic heterocycles. The van der Waals surface area contributed by atoms with Crippen molar-refractivity contribution in [3.8, 4) is 0 Å². The quantitative estimate of drug-likeness (QED) is 0.763. The molecule has 0 aliphatic carbocycles. The Hall–Kier alpha value is -0.610. The first-order valence-electron chi connectivity index (χ1n) is 7.02. The van der Waals surface area contributed by atoms with Gasteiger partial charge in [-0.1, -0.05) is 19.8 Å². The maximum absolute atomic E-state index is 11.9. The van der Waals surface area contributed by atoms with Crippen LogP contribution in [0.2, 0.25) is 0 Å². The Morgan fingerprint density at radius 3 is 2.78 bits per heavy atom. The first kappa shape index (κ1) is 15.4. The van der Waals surface area contributed by atoms with E-state index < -0.39 is 5.60 Å². The first-order chi connectivity index (χ1) is 8.53. The maximum Gasteiger partial charge on any atom is 0.311 e. The van der Waals surface area contributed by atoms with E-state index in [4.69, 9.17) is 4.74 Å². The summed E-state index contributed by atoms with van der Waals surface area (Å²) in [7, 11) is 3.47. The maximum atomic E-state index is 11.9. The molecule has 1 N–H and O–H groups in total. The zero-order valence-electron chi connectivity index (χ0n) is 11.9. The molecule has 4 heteroatoms. The summed E-state index contributed by atoms with van der Waals surface area (Å²) in [6.45, 7) is 3.93. The summed E-state index contributed by atoms with van der Waals surface area (Å²) in [6.07, 6.45) is 5.01. The second kappa shape index (κ2) is 7.10. The van der Waals surface area contributed by atoms with Crippen molar-refractivity contribution in [2.45, 2.75) is 51.0 Å². The highest BCUT2D eigenvalue weighted by molar-refractivity contribution is 5.73. The molecular formula is C14H27NO3. The van der Waals surface area contributed by atoms with Crippen molar-refractivity contribution in [1.82, 2.24) is 4.90 Å². The molecular weight excluding hydrogens is 230 g/mol. The Morgan fingerprint density at radius 2 is 2.17 bits per heavy atom. The number of esters is 1. The third-order valence-corrected chi connectivity index (χ3v) is 4.06. The third kappa shape index (κ3) is 3.95. The highest BCUT2D eigenvalue weighted by Crippen LogP contribution is 2.33. The Labute approximate surface area is 110 Å². The van der Waals surface area contributed by atoms with Crippen LogP contribution in [0.15, 0.2) is 0 Å². The largest absolute Gasteiger partial charge is 0.469 e. The van der Waals surface area contributed by atoms with Gasteiger partial charge in [0.15, 0.2) is 0 Å². The van der Waals surface area contributed by atoms with Gasteiger partial charge in [-0.05, 0) is 39.3 Å². The molecule has 0 aromatic rings. The van der Waals surface area contributed by atoms with Crippen LogP contribution in [-0.2, 0) is 9.53 Å². The molecule has 0 bridgehead atoms. The normalized spacial score (nSPS) is 27.6. The summed E-state index contributed by atoms with van der Waals surface area (Å²) in [4.78, 5) is 14.1. The summed E-state index contributed by atoms with van der Waals surface area (Å²) in [5.74, 6) is -0.621. The fourth-order valence-electron chi connectivity index (χ4n) is 2.78. The second-order valence-corrected chi connectivity index (χ2v) is 5.48. The van der Waals surface area contributed by atoms with Crippen LogP contribution in [-0.4, -0.2) is 48.8 Å². The minimum absolute atomic E-state index is 0.254. The number of hydrogen-bond donors (Lipinski definition) is 1. The van der Waals surface area contributed by atoms with Crippen LogP contribution >= 0.6 is 0 Å². The van der Waals surface area contributed by atoms with Gasteiger partial charge in [0, 0.05) is 6.54 Å². The standard InChI is InChI=1S/C14H27NO3/c1-4-5-7-12(13(16)18-3)14(17)8-6-10-15(2)11-9-14/h12,17H,4-11H2,1-3H3. The van der Waals surface area contributed by atoms with Gasteiger partial charge < -0.3 is 14.7 Å². The van der Waals surface area contributed by atoms with Gasteiger partial charge >= 0.3 is 5.97 Å². The topological polar surface area (TPSA) is 49.8 Å². The van der Waals surface area contributed by atoms with Crippen LogP contribution < -0.4 is 0 Å². The molecule has 0 aromatic carbocycles. The molecule has 0 spiro atoms. The Kier molecular flexibility index (Phi) is 6.09. The molecule has 1 heterocycles. The molecule has 106 valence electrons. The van der Waals surface area contributed by atoms with Crippen LogP contribution in [0.25, 0.3) is 0 Å². The first-order valence-corrected chi connectivity index (χ1v) is 7.02. The van der Waals surface area contributed by atoms with E-state index in [0.29, 0.717) is 12.8 Å². The van der Waals surface area contributed by atoms with E-state index >= 15 is 0 Å². The summed E-state index contributed by atoms with van der Waals surface area (Å²) in [5, 5.41) is 10.8. The Balaban J connectivity index is 2.77. The number of unbranched alkanes of at least 4 members (excludes halogenated alkanes) is 1. The fourth-order valence-corrected chi connectivity index (χ4v) is 2.78. The molecule has 2 unspecified atom stereocenters. The van der Waals surface area contributed by atoms with E-state index in [1.54, 1.807) is 0 Å². The number of carbonyl (C=O) groups is 1. The highest BCUT2D eigenvalue weighted by Gasteiger charge is 2.42. The molecule has 0 radical (unpaired) electrons. The summed E-state index contributed by atoms with van der Waals surface area (Å²) in [5.41, 5.74) is -0.882. The van der Waals surface area contributed by atoms with Crippen LogP contribution in [0.3, 0.4) is 0 Å². The van der Waals surface area contributed by atoms with E-state index in [2.05, 4.69) is 18.9 Å². The molecule has 2 atom stereocenters. The van der Waals surface area contributed by atoms with Gasteiger partial charge in [0.25, 0.3) is 0 Å². The lowest BCUT2D eigenvalue weighted by atomic mass is 9.78. The van der Waals surface area contributed by atoms with Crippen molar-refractivity contribution in [1.29, 1.82) is 0 Å². The predicted molar refractivity (Wildman–Crippen MR) is 71.3 cm³/mol. The van der Waals surface area contributed by atoms with Crippen molar-refractivity contribution < 1.29 is 14.6 Å². The number of hydrogen-bond acceptors (Lipinski definition) is 4. The smallest absolute Gasteiger partial charge is 0.311 e. The monoisotopic (exact) mass is 257 g/mol. The number of nitrogens with zero attached hydrogens (tertiary/aromatic N) is 1. The fraction of sp³-hybridized carbons (Fsp3) is 0.929. The minimum atomic E-state index is -0.882. The molecule has 1 rings (SSSR count). The SMILES string of the molecule is CCCCC(C(=O)OC)C1(O)CCCN(C)CC1. The lowest BCUT2D eigenvalue weighted by Crippen LogP contribution is -2.43. The van der Waals surface area contributed by atoms with Gasteiger partial charge in [0.1, 0.15) is 0 Å². The second-order valence-electron chi connectivity index (χ2n) is 5.48. The van der Waals surface area contributed by atoms with Crippen LogP contribution in [0.1, 0.15) is 45.4 Å². The molecule has 0 saturated carbocycles. The number of methoxy groups -OCH3 is 1. The van der Waals surface area contributed by atoms with Gasteiger partial charge in [-0.25, -0.2) is 0 Å². The van der Waals surface area contributed by atoms with Crippen LogP contribution in [0.4, 0.5) is 0 Å². The average molecular weight is 257 g/mol. The van der Waals surface area contributed by atoms with Crippen molar-refractivity contribution in [3.05, 3.63) is 0 Å². The van der Waals surface area contributed by atoms with E-state index in [9.17, 15) is 9.90 Å². The van der Waals surface area contributed by atoms with E-state index in [1.807, 2.05) is 0 Å². The molecule has 4 nitrogen and oxygen atoms in total. The Bertz CT molecular complexity index is 270. The number of likely N-dealkylation sites (tertiary alicyclic amines) is 1. The van der Waals surface area contributed by atoms with Crippen molar-refractivity contribution in [2.24, 2.45) is 5.92 Å². The summed E-state index contributed by atoms with van der Waals surface area (Å²) >= 11 is 0. The van der Waals surface area contributed by atoms with Crippen molar-refractivity contribution in [3.63, 3.8) is 0 Å². The van der Waals surface area contributed by atoms with Gasteiger partial charge in [-0.15, -0.1) is 0 Å². The van der Waals surface area contributed by atoms with Crippen LogP contribution in [0, 0.1) is 5.92 Å². The third-order valence-electron chi connectivity index (χ3n) is 4.06. The molecule has 1 aliphatic rings. The Morgan fingerprint density at radius 1 is 1.44 bits per heavy atom. The van der Waals surface area contributed by atoms with Crippen LogP contribution in [0.5, 0.6) is 0 Å². The molecule has 1 aliphatic heterocycles. The summed E-state index contributed by atoms with van der Waals surface area (Å²) in [6, 6.07) is 0. The zero-order chi connectivity index (χ0) is 13.6. The van der Waals surface area contributed by atoms with Gasteiger partial charge in [0.05, 0.1) is 18.6 Å². The molecule has 1 saturated heterocycles. The van der Waals surface area contributed by atoms with E-state index in [-0.39, 0.29) is 11.9 Å². The molecule has 0 amide bonds. The number of ether oxygens (including phenoxy) is 1. The molecule has 1 fully saturated rings. The lowest BCUT2D eigenvalue weighted by molar-refractivity contribution is -0.157. The lowest BCUT2D eigenvalue weighted by Gasteiger charge is -2.33. The zero-order valence-corrected chi connectivity index (χ0v) is 11.9. The number of carbonyl (C=O) groups excluding carboxylic acids is 1. The summed E-state index contributed by atoms with van der Waals surface area (Å²) < 4.78 is 4.88. The highest BCUT2D eigenvalue weighted by atomic mass is 16.5. The predicted octanol–water partition coefficient (Wildman–Crippen LogP) is 1.81. The van der Waals surface area contributed by atoms with Gasteiger partial charge in [-0.3, -0.25) is 4.79 Å². The van der Waals surface area contributed by atoms with Crippen molar-refractivity contribution in [2.75, 3.05) is 27.2 Å². The van der Waals surface area contributed by atoms with E-state index in [0.717, 1.165) is 38.8 Å². The van der Waals surface area contributed by atoms with Crippen molar-refractivity contribution >= 4 is 5.97 Å².